The van der Waals surface area contributed by atoms with Gasteiger partial charge in [0.2, 0.25) is 0 Å². The van der Waals surface area contributed by atoms with Gasteiger partial charge in [-0.2, -0.15) is 0 Å². The van der Waals surface area contributed by atoms with Gasteiger partial charge in [0, 0.05) is 0 Å². The molecule has 3 heteroatoms. The molecule has 0 aliphatic rings. The van der Waals surface area contributed by atoms with Crippen molar-refractivity contribution in [3.63, 3.8) is 0 Å². The van der Waals surface area contributed by atoms with Crippen LogP contribution in [0, 0.1) is 0 Å². The Hall–Kier alpha value is -0.730. The average molecular weight is 190 g/mol. The molecule has 1 aromatic rings. The quantitative estimate of drug-likeness (QED) is 0.734. The van der Waals surface area contributed by atoms with Gasteiger partial charge in [-0.3, -0.25) is 0 Å². The molecule has 0 saturated heterocycles. The van der Waals surface area contributed by atoms with Gasteiger partial charge < -0.3 is 10.5 Å². The minimum Gasteiger partial charge on any atom is -0.497 e. The fraction of sp³-hybridized carbons (Fsp3) is 0.333. The van der Waals surface area contributed by atoms with Crippen LogP contribution in [0.4, 0.5) is 0 Å². The lowest BCUT2D eigenvalue weighted by atomic mass is 10.3. The summed E-state index contributed by atoms with van der Waals surface area (Å²) in [6, 6.07) is 9.68. The van der Waals surface area contributed by atoms with Crippen LogP contribution in [-0.4, -0.2) is 13.7 Å². The molecular weight excluding hydrogens is 174 g/mol. The number of hydrogen-bond acceptors (Lipinski definition) is 2. The van der Waals surface area contributed by atoms with Crippen LogP contribution in [0.15, 0.2) is 30.3 Å². The van der Waals surface area contributed by atoms with Crippen molar-refractivity contribution in [2.45, 2.75) is 6.92 Å². The first-order valence-corrected chi connectivity index (χ1v) is 3.64. The van der Waals surface area contributed by atoms with Gasteiger partial charge in [-0.05, 0) is 18.7 Å². The van der Waals surface area contributed by atoms with E-state index in [2.05, 4.69) is 0 Å². The van der Waals surface area contributed by atoms with Crippen molar-refractivity contribution in [3.05, 3.63) is 30.3 Å². The standard InChI is InChI=1S/C7H8O.C2H7N.ClH/c1-8-7-5-3-2-4-6-7;1-2-3;/h2-6H,1H3;2-3H2,1H3;1H. The molecule has 70 valence electrons. The predicted molar refractivity (Wildman–Crippen MR) is 55.0 cm³/mol. The third kappa shape index (κ3) is 7.38. The van der Waals surface area contributed by atoms with E-state index in [-0.39, 0.29) is 12.4 Å². The Balaban J connectivity index is 0. The molecule has 0 radical (unpaired) electrons. The second kappa shape index (κ2) is 10.3. The number of nitrogens with two attached hydrogens (primary N) is 1. The number of ether oxygens (including phenoxy) is 1. The van der Waals surface area contributed by atoms with E-state index in [9.17, 15) is 0 Å². The SMILES string of the molecule is CCN.COc1ccccc1.Cl. The Bertz CT molecular complexity index is 167. The van der Waals surface area contributed by atoms with Gasteiger partial charge in [0.25, 0.3) is 0 Å². The van der Waals surface area contributed by atoms with Crippen molar-refractivity contribution >= 4 is 12.4 Å². The van der Waals surface area contributed by atoms with Crippen LogP contribution in [0.1, 0.15) is 6.92 Å². The molecule has 0 heterocycles. The van der Waals surface area contributed by atoms with Gasteiger partial charge in [-0.25, -0.2) is 0 Å². The summed E-state index contributed by atoms with van der Waals surface area (Å²) in [6.45, 7) is 2.65. The minimum absolute atomic E-state index is 0. The average Bonchev–Trinajstić information content (AvgIpc) is 2.08. The molecule has 0 aliphatic carbocycles. The van der Waals surface area contributed by atoms with Gasteiger partial charge >= 0.3 is 0 Å². The molecule has 12 heavy (non-hydrogen) atoms. The summed E-state index contributed by atoms with van der Waals surface area (Å²) in [4.78, 5) is 0. The van der Waals surface area contributed by atoms with Crippen LogP contribution in [0.25, 0.3) is 0 Å². The van der Waals surface area contributed by atoms with E-state index in [1.54, 1.807) is 7.11 Å². The number of halogens is 1. The minimum atomic E-state index is 0. The molecule has 0 atom stereocenters. The number of rotatable bonds is 1. The topological polar surface area (TPSA) is 35.2 Å². The van der Waals surface area contributed by atoms with Crippen molar-refractivity contribution in [1.82, 2.24) is 0 Å². The lowest BCUT2D eigenvalue weighted by Gasteiger charge is -1.93. The zero-order valence-electron chi connectivity index (χ0n) is 7.49. The largest absolute Gasteiger partial charge is 0.497 e. The van der Waals surface area contributed by atoms with Crippen molar-refractivity contribution in [3.8, 4) is 5.75 Å². The fourth-order valence-corrected chi connectivity index (χ4v) is 0.557. The highest BCUT2D eigenvalue weighted by atomic mass is 35.5. The summed E-state index contributed by atoms with van der Waals surface area (Å²) < 4.78 is 4.91. The lowest BCUT2D eigenvalue weighted by molar-refractivity contribution is 0.415. The molecule has 0 unspecified atom stereocenters. The van der Waals surface area contributed by atoms with E-state index in [1.165, 1.54) is 0 Å². The molecular formula is C9H16ClNO. The van der Waals surface area contributed by atoms with E-state index < -0.39 is 0 Å². The number of para-hydroxylation sites is 1. The van der Waals surface area contributed by atoms with E-state index >= 15 is 0 Å². The first-order chi connectivity index (χ1) is 5.35. The molecule has 2 nitrogen and oxygen atoms in total. The normalized spacial score (nSPS) is 7.25. The maximum absolute atomic E-state index is 4.91. The fourth-order valence-electron chi connectivity index (χ4n) is 0.557. The van der Waals surface area contributed by atoms with Gasteiger partial charge in [0.15, 0.2) is 0 Å². The molecule has 0 aliphatic heterocycles. The molecule has 1 aromatic carbocycles. The Morgan fingerprint density at radius 3 is 1.92 bits per heavy atom. The molecule has 0 aromatic heterocycles. The van der Waals surface area contributed by atoms with Crippen LogP contribution in [0.5, 0.6) is 5.75 Å². The van der Waals surface area contributed by atoms with Crippen molar-refractivity contribution < 1.29 is 4.74 Å². The van der Waals surface area contributed by atoms with Crippen LogP contribution in [0.2, 0.25) is 0 Å². The second-order valence-electron chi connectivity index (χ2n) is 1.93. The predicted octanol–water partition coefficient (Wildman–Crippen LogP) is 2.08. The van der Waals surface area contributed by atoms with Crippen molar-refractivity contribution in [1.29, 1.82) is 0 Å². The summed E-state index contributed by atoms with van der Waals surface area (Å²) in [5.74, 6) is 0.910. The van der Waals surface area contributed by atoms with E-state index in [4.69, 9.17) is 10.5 Å². The number of hydrogen-bond donors (Lipinski definition) is 1. The smallest absolute Gasteiger partial charge is 0.118 e. The highest BCUT2D eigenvalue weighted by molar-refractivity contribution is 5.85. The molecule has 0 amide bonds. The molecule has 0 spiro atoms. The molecule has 2 N–H and O–H groups in total. The molecule has 0 fully saturated rings. The third-order valence-corrected chi connectivity index (χ3v) is 0.979. The zero-order chi connectivity index (χ0) is 8.53. The monoisotopic (exact) mass is 189 g/mol. The first kappa shape index (κ1) is 13.8. The lowest BCUT2D eigenvalue weighted by Crippen LogP contribution is -1.87. The highest BCUT2D eigenvalue weighted by Crippen LogP contribution is 2.05. The van der Waals surface area contributed by atoms with Crippen LogP contribution < -0.4 is 10.5 Å². The maximum Gasteiger partial charge on any atom is 0.118 e. The van der Waals surface area contributed by atoms with E-state index in [1.807, 2.05) is 37.3 Å². The molecule has 0 bridgehead atoms. The third-order valence-electron chi connectivity index (χ3n) is 0.979. The van der Waals surface area contributed by atoms with E-state index in [0.717, 1.165) is 12.3 Å². The Kier molecular flexibility index (Phi) is 11.8. The Labute approximate surface area is 80.1 Å². The summed E-state index contributed by atoms with van der Waals surface area (Å²) in [5, 5.41) is 0. The van der Waals surface area contributed by atoms with Gasteiger partial charge in [-0.1, -0.05) is 25.1 Å². The molecule has 0 saturated carbocycles. The van der Waals surface area contributed by atoms with E-state index in [0.29, 0.717) is 0 Å². The van der Waals surface area contributed by atoms with Crippen LogP contribution in [0.3, 0.4) is 0 Å². The van der Waals surface area contributed by atoms with Gasteiger partial charge in [0.05, 0.1) is 7.11 Å². The van der Waals surface area contributed by atoms with Gasteiger partial charge in [0.1, 0.15) is 5.75 Å². The van der Waals surface area contributed by atoms with Crippen molar-refractivity contribution in [2.24, 2.45) is 5.73 Å². The first-order valence-electron chi connectivity index (χ1n) is 3.64. The molecule has 1 rings (SSSR count). The Morgan fingerprint density at radius 1 is 1.25 bits per heavy atom. The summed E-state index contributed by atoms with van der Waals surface area (Å²) in [7, 11) is 1.66. The highest BCUT2D eigenvalue weighted by Gasteiger charge is 1.80. The number of benzene rings is 1. The number of methoxy groups -OCH3 is 1. The second-order valence-corrected chi connectivity index (χ2v) is 1.93. The Morgan fingerprint density at radius 2 is 1.67 bits per heavy atom. The zero-order valence-corrected chi connectivity index (χ0v) is 8.30. The van der Waals surface area contributed by atoms with Gasteiger partial charge in [-0.15, -0.1) is 12.4 Å². The van der Waals surface area contributed by atoms with Crippen LogP contribution >= 0.6 is 12.4 Å². The summed E-state index contributed by atoms with van der Waals surface area (Å²) in [5.41, 5.74) is 4.85. The van der Waals surface area contributed by atoms with Crippen LogP contribution in [-0.2, 0) is 0 Å². The summed E-state index contributed by atoms with van der Waals surface area (Å²) in [6.07, 6.45) is 0. The summed E-state index contributed by atoms with van der Waals surface area (Å²) >= 11 is 0. The van der Waals surface area contributed by atoms with Crippen molar-refractivity contribution in [2.75, 3.05) is 13.7 Å². The maximum atomic E-state index is 4.91.